The zero-order valence-electron chi connectivity index (χ0n) is 10.00. The highest BCUT2D eigenvalue weighted by Crippen LogP contribution is 2.30. The smallest absolute Gasteiger partial charge is 0.388 e. The molecule has 0 atom stereocenters. The molecule has 0 aliphatic heterocycles. The molecule has 104 valence electrons. The highest BCUT2D eigenvalue weighted by Gasteiger charge is 2.35. The molecular formula is C12H13F3N2O2. The van der Waals surface area contributed by atoms with Crippen LogP contribution in [0.15, 0.2) is 18.3 Å². The zero-order chi connectivity index (χ0) is 14.1. The van der Waals surface area contributed by atoms with E-state index in [0.29, 0.717) is 12.8 Å². The summed E-state index contributed by atoms with van der Waals surface area (Å²) in [6.07, 6.45) is -1.48. The lowest BCUT2D eigenvalue weighted by atomic mass is 9.80. The summed E-state index contributed by atoms with van der Waals surface area (Å²) in [5, 5.41) is 12.3. The van der Waals surface area contributed by atoms with E-state index in [0.717, 1.165) is 24.8 Å². The van der Waals surface area contributed by atoms with Gasteiger partial charge in [-0.2, -0.15) is 13.2 Å². The summed E-state index contributed by atoms with van der Waals surface area (Å²) in [5.41, 5.74) is -1.87. The summed E-state index contributed by atoms with van der Waals surface area (Å²) < 4.78 is 36.8. The van der Waals surface area contributed by atoms with Crippen LogP contribution >= 0.6 is 0 Å². The molecule has 1 aliphatic carbocycles. The molecule has 0 radical (unpaired) electrons. The maximum absolute atomic E-state index is 12.3. The lowest BCUT2D eigenvalue weighted by Gasteiger charge is -2.36. The van der Waals surface area contributed by atoms with Crippen molar-refractivity contribution in [1.82, 2.24) is 10.3 Å². The molecule has 0 spiro atoms. The van der Waals surface area contributed by atoms with Gasteiger partial charge in [-0.25, -0.2) is 0 Å². The second-order valence-corrected chi connectivity index (χ2v) is 4.69. The molecule has 2 rings (SSSR count). The number of nitrogens with one attached hydrogen (secondary N) is 1. The van der Waals surface area contributed by atoms with Crippen LogP contribution in [0.4, 0.5) is 13.2 Å². The molecular weight excluding hydrogens is 261 g/mol. The van der Waals surface area contributed by atoms with E-state index in [1.54, 1.807) is 0 Å². The number of pyridine rings is 1. The molecule has 1 aliphatic rings. The Hall–Kier alpha value is -1.63. The van der Waals surface area contributed by atoms with Gasteiger partial charge in [-0.15, -0.1) is 0 Å². The molecule has 2 N–H and O–H groups in total. The number of alkyl halides is 3. The Balaban J connectivity index is 1.96. The first-order valence-electron chi connectivity index (χ1n) is 5.84. The van der Waals surface area contributed by atoms with Crippen molar-refractivity contribution in [2.45, 2.75) is 31.0 Å². The minimum atomic E-state index is -4.52. The Morgan fingerprint density at radius 2 is 2.11 bits per heavy atom. The van der Waals surface area contributed by atoms with Crippen LogP contribution < -0.4 is 5.32 Å². The Kier molecular flexibility index (Phi) is 3.49. The van der Waals surface area contributed by atoms with Crippen molar-refractivity contribution in [3.05, 3.63) is 29.6 Å². The number of aliphatic hydroxyl groups is 1. The van der Waals surface area contributed by atoms with Gasteiger partial charge in [0.15, 0.2) is 0 Å². The van der Waals surface area contributed by atoms with Gasteiger partial charge < -0.3 is 10.4 Å². The number of carbonyl (C=O) groups excluding carboxylic acids is 1. The summed E-state index contributed by atoms with van der Waals surface area (Å²) in [6, 6.07) is 1.82. The van der Waals surface area contributed by atoms with Crippen molar-refractivity contribution in [1.29, 1.82) is 0 Å². The van der Waals surface area contributed by atoms with Crippen LogP contribution in [0.2, 0.25) is 0 Å². The molecule has 0 aromatic carbocycles. The summed E-state index contributed by atoms with van der Waals surface area (Å²) in [6.45, 7) is 0.104. The molecule has 7 heteroatoms. The monoisotopic (exact) mass is 274 g/mol. The SMILES string of the molecule is O=C(NCC1(O)CCC1)c1ccc(C(F)(F)F)nc1. The molecule has 19 heavy (non-hydrogen) atoms. The number of hydrogen-bond donors (Lipinski definition) is 2. The van der Waals surface area contributed by atoms with Gasteiger partial charge in [-0.1, -0.05) is 0 Å². The largest absolute Gasteiger partial charge is 0.433 e. The average molecular weight is 274 g/mol. The van der Waals surface area contributed by atoms with Crippen LogP contribution in [0.25, 0.3) is 0 Å². The number of halogens is 3. The van der Waals surface area contributed by atoms with Crippen molar-refractivity contribution in [3.8, 4) is 0 Å². The third kappa shape index (κ3) is 3.23. The third-order valence-electron chi connectivity index (χ3n) is 3.18. The maximum Gasteiger partial charge on any atom is 0.433 e. The highest BCUT2D eigenvalue weighted by atomic mass is 19.4. The minimum Gasteiger partial charge on any atom is -0.388 e. The van der Waals surface area contributed by atoms with Crippen molar-refractivity contribution in [2.24, 2.45) is 0 Å². The van der Waals surface area contributed by atoms with Crippen molar-refractivity contribution in [3.63, 3.8) is 0 Å². The number of hydrogen-bond acceptors (Lipinski definition) is 3. The summed E-state index contributed by atoms with van der Waals surface area (Å²) >= 11 is 0. The molecule has 1 fully saturated rings. The number of rotatable bonds is 3. The highest BCUT2D eigenvalue weighted by molar-refractivity contribution is 5.93. The number of carbonyl (C=O) groups is 1. The fourth-order valence-corrected chi connectivity index (χ4v) is 1.80. The topological polar surface area (TPSA) is 62.2 Å². The first-order valence-corrected chi connectivity index (χ1v) is 5.84. The number of nitrogens with zero attached hydrogens (tertiary/aromatic N) is 1. The van der Waals surface area contributed by atoms with Crippen molar-refractivity contribution < 1.29 is 23.1 Å². The van der Waals surface area contributed by atoms with Crippen LogP contribution in [0, 0.1) is 0 Å². The lowest BCUT2D eigenvalue weighted by molar-refractivity contribution is -0.141. The molecule has 1 saturated carbocycles. The van der Waals surface area contributed by atoms with Gasteiger partial charge in [0.05, 0.1) is 11.2 Å². The van der Waals surface area contributed by atoms with E-state index in [9.17, 15) is 23.1 Å². The van der Waals surface area contributed by atoms with E-state index >= 15 is 0 Å². The first kappa shape index (κ1) is 13.8. The normalized spacial score (nSPS) is 17.7. The lowest BCUT2D eigenvalue weighted by Crippen LogP contribution is -2.47. The van der Waals surface area contributed by atoms with Gasteiger partial charge in [-0.3, -0.25) is 9.78 Å². The van der Waals surface area contributed by atoms with Crippen LogP contribution in [-0.4, -0.2) is 28.1 Å². The Morgan fingerprint density at radius 3 is 2.53 bits per heavy atom. The molecule has 1 aromatic heterocycles. The van der Waals surface area contributed by atoms with Gasteiger partial charge in [-0.05, 0) is 31.4 Å². The van der Waals surface area contributed by atoms with Crippen LogP contribution in [0.3, 0.4) is 0 Å². The Labute approximate surface area is 107 Å². The van der Waals surface area contributed by atoms with Crippen LogP contribution in [-0.2, 0) is 6.18 Å². The third-order valence-corrected chi connectivity index (χ3v) is 3.18. The molecule has 4 nitrogen and oxygen atoms in total. The zero-order valence-corrected chi connectivity index (χ0v) is 10.00. The Bertz CT molecular complexity index is 467. The molecule has 0 saturated heterocycles. The van der Waals surface area contributed by atoms with E-state index in [2.05, 4.69) is 10.3 Å². The average Bonchev–Trinajstić information content (AvgIpc) is 2.33. The number of aromatic nitrogens is 1. The fourth-order valence-electron chi connectivity index (χ4n) is 1.80. The van der Waals surface area contributed by atoms with Crippen LogP contribution in [0.1, 0.15) is 35.3 Å². The second-order valence-electron chi connectivity index (χ2n) is 4.69. The standard InChI is InChI=1S/C12H13F3N2O2/c13-12(14,15)9-3-2-8(6-16-9)10(18)17-7-11(19)4-1-5-11/h2-3,6,19H,1,4-5,7H2,(H,17,18). The maximum atomic E-state index is 12.3. The molecule has 1 amide bonds. The van der Waals surface area contributed by atoms with Gasteiger partial charge in [0.1, 0.15) is 5.69 Å². The van der Waals surface area contributed by atoms with Gasteiger partial charge >= 0.3 is 6.18 Å². The summed E-state index contributed by atoms with van der Waals surface area (Å²) in [7, 11) is 0. The quantitative estimate of drug-likeness (QED) is 0.882. The molecule has 0 unspecified atom stereocenters. The Morgan fingerprint density at radius 1 is 1.42 bits per heavy atom. The summed E-state index contributed by atoms with van der Waals surface area (Å²) in [4.78, 5) is 14.9. The molecule has 1 heterocycles. The van der Waals surface area contributed by atoms with Crippen molar-refractivity contribution >= 4 is 5.91 Å². The molecule has 0 bridgehead atoms. The van der Waals surface area contributed by atoms with Gasteiger partial charge in [0.25, 0.3) is 5.91 Å². The van der Waals surface area contributed by atoms with Crippen LogP contribution in [0.5, 0.6) is 0 Å². The van der Waals surface area contributed by atoms with E-state index in [-0.39, 0.29) is 12.1 Å². The number of amides is 1. The summed E-state index contributed by atoms with van der Waals surface area (Å²) in [5.74, 6) is -0.540. The predicted octanol–water partition coefficient (Wildman–Crippen LogP) is 1.75. The van der Waals surface area contributed by atoms with E-state index < -0.39 is 23.4 Å². The molecule has 1 aromatic rings. The minimum absolute atomic E-state index is 0.0379. The second kappa shape index (κ2) is 4.80. The van der Waals surface area contributed by atoms with Gasteiger partial charge in [0.2, 0.25) is 0 Å². The van der Waals surface area contributed by atoms with E-state index in [4.69, 9.17) is 0 Å². The van der Waals surface area contributed by atoms with E-state index in [1.807, 2.05) is 0 Å². The van der Waals surface area contributed by atoms with Gasteiger partial charge in [0, 0.05) is 12.7 Å². The van der Waals surface area contributed by atoms with E-state index in [1.165, 1.54) is 0 Å². The first-order chi connectivity index (χ1) is 8.80. The van der Waals surface area contributed by atoms with Crippen molar-refractivity contribution in [2.75, 3.05) is 6.54 Å². The predicted molar refractivity (Wildman–Crippen MR) is 60.4 cm³/mol. The fraction of sp³-hybridized carbons (Fsp3) is 0.500.